The maximum Gasteiger partial charge on any atom is 0.471 e. The van der Waals surface area contributed by atoms with Crippen LogP contribution in [0.2, 0.25) is 0 Å². The molecule has 2 heterocycles. The van der Waals surface area contributed by atoms with Crippen molar-refractivity contribution in [3.05, 3.63) is 0 Å². The predicted molar refractivity (Wildman–Crippen MR) is 117 cm³/mol. The molecule has 1 aliphatic carbocycles. The average Bonchev–Trinajstić information content (AvgIpc) is 3.11. The zero-order chi connectivity index (χ0) is 36.8. The van der Waals surface area contributed by atoms with Crippen LogP contribution >= 0.6 is 0 Å². The van der Waals surface area contributed by atoms with Gasteiger partial charge in [0.15, 0.2) is 0 Å². The minimum Gasteiger partial charge on any atom is -0.356 e. The van der Waals surface area contributed by atoms with Crippen molar-refractivity contribution in [3.63, 3.8) is 0 Å². The van der Waals surface area contributed by atoms with Gasteiger partial charge in [0, 0.05) is 31.3 Å². The predicted octanol–water partition coefficient (Wildman–Crippen LogP) is 1.10. The van der Waals surface area contributed by atoms with Gasteiger partial charge < -0.3 is 20.9 Å². The van der Waals surface area contributed by atoms with Crippen LogP contribution in [0.4, 0.5) is 13.2 Å². The van der Waals surface area contributed by atoms with Gasteiger partial charge in [0.2, 0.25) is 17.7 Å². The first-order valence-corrected chi connectivity index (χ1v) is 10.5. The molecule has 0 spiro atoms. The van der Waals surface area contributed by atoms with Crippen molar-refractivity contribution in [1.29, 1.82) is 5.26 Å². The number of carbonyl (C=O) groups is 4. The largest absolute Gasteiger partial charge is 0.471 e. The molecule has 9 nitrogen and oxygen atoms in total. The molecule has 3 fully saturated rings. The number of nitrogens with zero attached hydrogens (tertiary/aromatic N) is 2. The van der Waals surface area contributed by atoms with Gasteiger partial charge in [-0.05, 0) is 35.5 Å². The van der Waals surface area contributed by atoms with E-state index >= 15 is 0 Å². The minimum atomic E-state index is -6.02. The SMILES string of the molecule is [2H]C([2H])([2H])C(C([2H])([2H])[2H])(C([2H])([2H])[2H])C([2H])(NC(=O)C(F)(F)F)C(=O)N1C[C@H]2[C@H](C2(C)C)[C@@]1([2H])C(=O)N[C@]([2H])(C#N)C[C@@H]1CCNC1=O. The fourth-order valence-corrected chi connectivity index (χ4v) is 4.59. The molecule has 35 heavy (non-hydrogen) atoms. The molecule has 0 bridgehead atoms. The highest BCUT2D eigenvalue weighted by Gasteiger charge is 2.70. The summed E-state index contributed by atoms with van der Waals surface area (Å²) in [5.41, 5.74) is -5.81. The number of hydrogen-bond donors (Lipinski definition) is 3. The molecule has 0 aromatic rings. The number of likely N-dealkylation sites (tertiary alicyclic amines) is 1. The number of rotatable bonds is 6. The number of fused-ring (bicyclic) bond motifs is 1. The molecule has 2 aliphatic heterocycles. The van der Waals surface area contributed by atoms with Crippen LogP contribution in [0, 0.1) is 39.9 Å². The minimum absolute atomic E-state index is 0.00458. The standard InChI is InChI=1S/C23H32F3N5O4/c1-21(2,3)16(30-20(35)23(24,25)26)19(34)31-10-13-14(22(13,4)5)15(31)18(33)29-12(9-27)8-11-6-7-28-17(11)32/h11-16H,6-8,10H2,1-5H3,(H,28,32)(H,29,33)(H,30,35)/t11-,12-,13-,14-,15-,16?/m0/s1/i1D3,2D3,3D3,12D,15D,16D. The van der Waals surface area contributed by atoms with Crippen LogP contribution in [0.25, 0.3) is 0 Å². The number of nitriles is 1. The molecule has 0 aromatic heterocycles. The van der Waals surface area contributed by atoms with Crippen LogP contribution in [0.15, 0.2) is 0 Å². The number of hydrogen-bond acceptors (Lipinski definition) is 5. The Kier molecular flexibility index (Phi) is 3.76. The van der Waals surface area contributed by atoms with Crippen molar-refractivity contribution in [2.45, 2.75) is 71.5 Å². The van der Waals surface area contributed by atoms with Crippen LogP contribution in [-0.4, -0.2) is 65.8 Å². The molecule has 1 unspecified atom stereocenters. The summed E-state index contributed by atoms with van der Waals surface area (Å²) in [6.07, 6.45) is -6.48. The van der Waals surface area contributed by atoms with E-state index in [4.69, 9.17) is 15.1 Å². The van der Waals surface area contributed by atoms with Crippen LogP contribution in [0.3, 0.4) is 0 Å². The molecular weight excluding hydrogens is 467 g/mol. The van der Waals surface area contributed by atoms with E-state index in [9.17, 15) is 39.0 Å². The summed E-state index contributed by atoms with van der Waals surface area (Å²) in [5.74, 6) is -11.1. The van der Waals surface area contributed by atoms with Gasteiger partial charge in [-0.3, -0.25) is 19.2 Å². The normalized spacial score (nSPS) is 38.9. The molecule has 4 amide bonds. The highest BCUT2D eigenvalue weighted by Crippen LogP contribution is 2.65. The van der Waals surface area contributed by atoms with Crippen LogP contribution < -0.4 is 16.0 Å². The van der Waals surface area contributed by atoms with E-state index in [1.807, 2.05) is 5.32 Å². The number of nitrogens with one attached hydrogen (secondary N) is 3. The van der Waals surface area contributed by atoms with Gasteiger partial charge in [-0.15, -0.1) is 0 Å². The van der Waals surface area contributed by atoms with E-state index in [0.717, 1.165) is 0 Å². The Hall–Kier alpha value is -2.84. The van der Waals surface area contributed by atoms with Crippen molar-refractivity contribution in [2.24, 2.45) is 28.6 Å². The van der Waals surface area contributed by atoms with Crippen molar-refractivity contribution in [2.75, 3.05) is 13.1 Å². The second kappa shape index (κ2) is 8.99. The summed E-state index contributed by atoms with van der Waals surface area (Å²) in [4.78, 5) is 52.5. The molecule has 194 valence electrons. The Morgan fingerprint density at radius 3 is 2.51 bits per heavy atom. The van der Waals surface area contributed by atoms with Gasteiger partial charge in [-0.2, -0.15) is 18.4 Å². The van der Waals surface area contributed by atoms with Crippen molar-refractivity contribution >= 4 is 23.6 Å². The van der Waals surface area contributed by atoms with Crippen LogP contribution in [-0.2, 0) is 19.2 Å². The van der Waals surface area contributed by atoms with Crippen molar-refractivity contribution < 1.29 is 48.8 Å². The third-order valence-electron chi connectivity index (χ3n) is 6.59. The lowest BCUT2D eigenvalue weighted by Crippen LogP contribution is -2.61. The Balaban J connectivity index is 2.26. The Morgan fingerprint density at radius 2 is 2.00 bits per heavy atom. The molecule has 6 atom stereocenters. The van der Waals surface area contributed by atoms with E-state index in [1.54, 1.807) is 0 Å². The smallest absolute Gasteiger partial charge is 0.356 e. The molecule has 1 saturated carbocycles. The fraction of sp³-hybridized carbons (Fsp3) is 0.783. The van der Waals surface area contributed by atoms with E-state index in [-0.39, 0.29) is 17.9 Å². The summed E-state index contributed by atoms with van der Waals surface area (Å²) < 4.78 is 138. The summed E-state index contributed by atoms with van der Waals surface area (Å²) in [5, 5.41) is 14.8. The summed E-state index contributed by atoms with van der Waals surface area (Å²) in [6.45, 7) is -11.2. The summed E-state index contributed by atoms with van der Waals surface area (Å²) in [7, 11) is 0. The van der Waals surface area contributed by atoms with E-state index in [0.29, 0.717) is 5.32 Å². The number of amides is 4. The molecule has 0 aromatic carbocycles. The second-order valence-corrected chi connectivity index (χ2v) is 9.31. The Morgan fingerprint density at radius 1 is 1.34 bits per heavy atom. The molecule has 3 N–H and O–H groups in total. The fourth-order valence-electron chi connectivity index (χ4n) is 4.59. The van der Waals surface area contributed by atoms with Crippen molar-refractivity contribution in [1.82, 2.24) is 20.9 Å². The summed E-state index contributed by atoms with van der Waals surface area (Å²) >= 11 is 0. The maximum absolute atomic E-state index is 14.3. The number of carbonyl (C=O) groups excluding carboxylic acids is 4. The van der Waals surface area contributed by atoms with E-state index in [2.05, 4.69) is 5.32 Å². The topological polar surface area (TPSA) is 131 Å². The quantitative estimate of drug-likeness (QED) is 0.491. The first-order valence-electron chi connectivity index (χ1n) is 16.5. The van der Waals surface area contributed by atoms with Gasteiger partial charge in [0.1, 0.15) is 18.1 Å². The lowest BCUT2D eigenvalue weighted by Gasteiger charge is -2.37. The lowest BCUT2D eigenvalue weighted by molar-refractivity contribution is -0.176. The molecule has 12 heteroatoms. The number of piperidine rings is 1. The first-order chi connectivity index (χ1) is 20.8. The highest BCUT2D eigenvalue weighted by atomic mass is 19.4. The molecule has 3 rings (SSSR count). The van der Waals surface area contributed by atoms with Crippen molar-refractivity contribution in [3.8, 4) is 6.07 Å². The highest BCUT2D eigenvalue weighted by molar-refractivity contribution is 5.95. The third kappa shape index (κ3) is 5.23. The van der Waals surface area contributed by atoms with E-state index < -0.39 is 110 Å². The average molecular weight is 512 g/mol. The maximum atomic E-state index is 14.3. The van der Waals surface area contributed by atoms with Gasteiger partial charge in [0.25, 0.3) is 0 Å². The lowest BCUT2D eigenvalue weighted by atomic mass is 9.85. The van der Waals surface area contributed by atoms with Crippen LogP contribution in [0.5, 0.6) is 0 Å². The first kappa shape index (κ1) is 14.7. The number of halogens is 3. The van der Waals surface area contributed by atoms with Crippen LogP contribution in [0.1, 0.15) is 63.7 Å². The molecule has 0 radical (unpaired) electrons. The number of alkyl halides is 3. The molecule has 3 aliphatic rings. The zero-order valence-electron chi connectivity index (χ0n) is 30.7. The summed E-state index contributed by atoms with van der Waals surface area (Å²) in [6, 6.07) is -9.07. The monoisotopic (exact) mass is 511 g/mol. The second-order valence-electron chi connectivity index (χ2n) is 9.31. The van der Waals surface area contributed by atoms with Gasteiger partial charge in [-0.25, -0.2) is 0 Å². The van der Waals surface area contributed by atoms with Gasteiger partial charge in [0.05, 0.1) is 10.2 Å². The van der Waals surface area contributed by atoms with Gasteiger partial charge in [-0.1, -0.05) is 34.4 Å². The van der Waals surface area contributed by atoms with Gasteiger partial charge >= 0.3 is 12.1 Å². The molecular formula is C23H32F3N5O4. The third-order valence-corrected chi connectivity index (χ3v) is 6.59. The molecule has 2 saturated heterocycles. The Bertz CT molecular complexity index is 1360. The Labute approximate surface area is 219 Å². The zero-order valence-corrected chi connectivity index (χ0v) is 18.7. The van der Waals surface area contributed by atoms with E-state index in [1.165, 1.54) is 19.9 Å².